The number of benzene rings is 3. The standard InChI is InChI=1S/C27H29BO3.2C4H12N/c1-20-12-4-7-15-23(20)26(24-16-8-5-13-21(24)2)18-10-11-19-27(26,31-28(29)30)25-17-9-6-14-22(25)3;2*1-5(2,3)4/h4-9,12-17H,10-11,18-19H2,1-3H3;2*1-4H3/q-2;2*+1. The minimum atomic E-state index is -2.37. The molecule has 1 fully saturated rings. The third-order valence-corrected chi connectivity index (χ3v) is 7.11. The van der Waals surface area contributed by atoms with Crippen LogP contribution in [0.4, 0.5) is 0 Å². The zero-order valence-corrected chi connectivity index (χ0v) is 27.5. The highest BCUT2D eigenvalue weighted by Gasteiger charge is 2.57. The van der Waals surface area contributed by atoms with Gasteiger partial charge in [0.15, 0.2) is 0 Å². The van der Waals surface area contributed by atoms with Crippen molar-refractivity contribution in [1.29, 1.82) is 0 Å². The number of aryl methyl sites for hydroxylation is 3. The molecule has 0 N–H and O–H groups in total. The molecule has 1 saturated carbocycles. The summed E-state index contributed by atoms with van der Waals surface area (Å²) in [6.07, 6.45) is 3.34. The Morgan fingerprint density at radius 3 is 1.22 bits per heavy atom. The molecule has 0 heterocycles. The summed E-state index contributed by atoms with van der Waals surface area (Å²) in [6, 6.07) is 24.7. The molecule has 3 aromatic rings. The lowest BCUT2D eigenvalue weighted by atomic mass is 9.52. The second kappa shape index (κ2) is 14.1. The van der Waals surface area contributed by atoms with Gasteiger partial charge in [-0.25, -0.2) is 0 Å². The summed E-state index contributed by atoms with van der Waals surface area (Å²) in [4.78, 5) is 0. The summed E-state index contributed by atoms with van der Waals surface area (Å²) in [7, 11) is 14.6. The maximum Gasteiger partial charge on any atom is 0.0875 e. The Balaban J connectivity index is 0.000000507. The molecule has 1 atom stereocenters. The molecule has 1 unspecified atom stereocenters. The fourth-order valence-electron chi connectivity index (χ4n) is 5.91. The Morgan fingerprint density at radius 1 is 0.561 bits per heavy atom. The first-order chi connectivity index (χ1) is 18.9. The molecule has 0 saturated heterocycles. The zero-order chi connectivity index (χ0) is 31.1. The highest BCUT2D eigenvalue weighted by molar-refractivity contribution is 6.28. The van der Waals surface area contributed by atoms with Crippen molar-refractivity contribution in [3.63, 3.8) is 0 Å². The van der Waals surface area contributed by atoms with Crippen molar-refractivity contribution in [3.05, 3.63) is 106 Å². The van der Waals surface area contributed by atoms with E-state index >= 15 is 0 Å². The lowest BCUT2D eigenvalue weighted by Gasteiger charge is -2.59. The van der Waals surface area contributed by atoms with Gasteiger partial charge in [-0.15, -0.1) is 0 Å². The quantitative estimate of drug-likeness (QED) is 0.335. The maximum atomic E-state index is 12.2. The zero-order valence-electron chi connectivity index (χ0n) is 27.5. The molecular formula is C35H53BN2O3. The molecule has 1 aliphatic carbocycles. The van der Waals surface area contributed by atoms with Gasteiger partial charge in [-0.05, 0) is 67.0 Å². The Bertz CT molecular complexity index is 1180. The van der Waals surface area contributed by atoms with E-state index < -0.39 is 18.3 Å². The van der Waals surface area contributed by atoms with Crippen LogP contribution in [0, 0.1) is 20.8 Å². The Hall–Kier alpha value is -2.48. The smallest absolute Gasteiger partial charge is 0.0875 e. The lowest BCUT2D eigenvalue weighted by Crippen LogP contribution is -2.62. The molecule has 0 bridgehead atoms. The van der Waals surface area contributed by atoms with Crippen molar-refractivity contribution in [3.8, 4) is 0 Å². The van der Waals surface area contributed by atoms with Gasteiger partial charge in [0.1, 0.15) is 0 Å². The predicted molar refractivity (Wildman–Crippen MR) is 169 cm³/mol. The average molecular weight is 561 g/mol. The van der Waals surface area contributed by atoms with Crippen molar-refractivity contribution in [2.75, 3.05) is 56.4 Å². The van der Waals surface area contributed by atoms with E-state index in [0.29, 0.717) is 6.42 Å². The van der Waals surface area contributed by atoms with Crippen LogP contribution in [0.1, 0.15) is 59.1 Å². The van der Waals surface area contributed by atoms with Gasteiger partial charge < -0.3 is 23.7 Å². The fourth-order valence-corrected chi connectivity index (χ4v) is 5.91. The van der Waals surface area contributed by atoms with Crippen LogP contribution in [0.15, 0.2) is 72.8 Å². The van der Waals surface area contributed by atoms with Crippen molar-refractivity contribution in [2.24, 2.45) is 0 Å². The molecule has 3 aromatic carbocycles. The Labute approximate surface area is 250 Å². The van der Waals surface area contributed by atoms with E-state index in [1.165, 1.54) is 0 Å². The van der Waals surface area contributed by atoms with Gasteiger partial charge in [0.25, 0.3) is 0 Å². The molecule has 6 heteroatoms. The molecule has 4 rings (SSSR count). The minimum absolute atomic E-state index is 0.626. The molecule has 224 valence electrons. The van der Waals surface area contributed by atoms with E-state index in [0.717, 1.165) is 61.6 Å². The van der Waals surface area contributed by atoms with Crippen LogP contribution < -0.4 is 10.0 Å². The van der Waals surface area contributed by atoms with Crippen molar-refractivity contribution >= 4 is 7.32 Å². The molecule has 5 nitrogen and oxygen atoms in total. The predicted octanol–water partition coefficient (Wildman–Crippen LogP) is 4.73. The Kier molecular flexibility index (Phi) is 12.0. The highest BCUT2D eigenvalue weighted by atomic mass is 16.6. The van der Waals surface area contributed by atoms with Gasteiger partial charge in [0.05, 0.1) is 74.7 Å². The van der Waals surface area contributed by atoms with Gasteiger partial charge in [0.2, 0.25) is 0 Å². The van der Waals surface area contributed by atoms with Gasteiger partial charge in [-0.2, -0.15) is 0 Å². The lowest BCUT2D eigenvalue weighted by molar-refractivity contribution is -0.849. The maximum absolute atomic E-state index is 12.2. The highest BCUT2D eigenvalue weighted by Crippen LogP contribution is 2.59. The SMILES string of the molecule is C[N+](C)(C)C.C[N+](C)(C)C.Cc1ccccc1C1(OB([O-])[O-])CCCCC1(c1ccccc1C)c1ccccc1C. The first-order valence-corrected chi connectivity index (χ1v) is 14.7. The molecular weight excluding hydrogens is 507 g/mol. The first-order valence-electron chi connectivity index (χ1n) is 14.7. The topological polar surface area (TPSA) is 55.3 Å². The summed E-state index contributed by atoms with van der Waals surface area (Å²) < 4.78 is 8.07. The van der Waals surface area contributed by atoms with E-state index in [9.17, 15) is 10.0 Å². The van der Waals surface area contributed by atoms with E-state index in [-0.39, 0.29) is 0 Å². The molecule has 0 amide bonds. The number of rotatable bonds is 5. The van der Waals surface area contributed by atoms with Gasteiger partial charge in [0, 0.05) is 0 Å². The number of hydrogen-bond donors (Lipinski definition) is 0. The summed E-state index contributed by atoms with van der Waals surface area (Å²) in [5.74, 6) is 0. The third-order valence-electron chi connectivity index (χ3n) is 7.11. The van der Waals surface area contributed by atoms with Crippen LogP contribution in [0.25, 0.3) is 0 Å². The van der Waals surface area contributed by atoms with Crippen LogP contribution in [-0.2, 0) is 15.7 Å². The number of quaternary nitrogens is 2. The molecule has 41 heavy (non-hydrogen) atoms. The summed E-state index contributed by atoms with van der Waals surface area (Å²) >= 11 is 0. The van der Waals surface area contributed by atoms with E-state index in [1.807, 2.05) is 55.5 Å². The van der Waals surface area contributed by atoms with Crippen LogP contribution >= 0.6 is 0 Å². The van der Waals surface area contributed by atoms with Crippen LogP contribution in [-0.4, -0.2) is 72.7 Å². The number of nitrogens with zero attached hydrogens (tertiary/aromatic N) is 2. The van der Waals surface area contributed by atoms with Crippen LogP contribution in [0.5, 0.6) is 0 Å². The molecule has 0 aromatic heterocycles. The van der Waals surface area contributed by atoms with E-state index in [4.69, 9.17) is 4.65 Å². The van der Waals surface area contributed by atoms with E-state index in [2.05, 4.69) is 94.5 Å². The molecule has 1 aliphatic rings. The first kappa shape index (κ1) is 34.7. The van der Waals surface area contributed by atoms with Crippen LogP contribution in [0.3, 0.4) is 0 Å². The average Bonchev–Trinajstić information content (AvgIpc) is 2.83. The summed E-state index contributed by atoms with van der Waals surface area (Å²) in [6.45, 7) is 6.26. The van der Waals surface area contributed by atoms with Crippen LogP contribution in [0.2, 0.25) is 0 Å². The van der Waals surface area contributed by atoms with Gasteiger partial charge >= 0.3 is 0 Å². The fraction of sp³-hybridized carbons (Fsp3) is 0.486. The second-order valence-electron chi connectivity index (χ2n) is 14.2. The van der Waals surface area contributed by atoms with Gasteiger partial charge in [-0.3, -0.25) is 0 Å². The minimum Gasteiger partial charge on any atom is -0.871 e. The molecule has 0 aliphatic heterocycles. The van der Waals surface area contributed by atoms with E-state index in [1.54, 1.807) is 0 Å². The monoisotopic (exact) mass is 560 g/mol. The van der Waals surface area contributed by atoms with Gasteiger partial charge in [-0.1, -0.05) is 85.6 Å². The summed E-state index contributed by atoms with van der Waals surface area (Å²) in [5, 5.41) is 24.5. The second-order valence-corrected chi connectivity index (χ2v) is 14.2. The van der Waals surface area contributed by atoms with Crippen molar-refractivity contribution < 1.29 is 23.7 Å². The molecule has 0 spiro atoms. The molecule has 0 radical (unpaired) electrons. The van der Waals surface area contributed by atoms with Crippen molar-refractivity contribution in [1.82, 2.24) is 0 Å². The van der Waals surface area contributed by atoms with Crippen molar-refractivity contribution in [2.45, 2.75) is 57.5 Å². The number of hydrogen-bond acceptors (Lipinski definition) is 3. The normalized spacial score (nSPS) is 18.4. The summed E-state index contributed by atoms with van der Waals surface area (Å²) in [5.41, 5.74) is 4.85. The largest absolute Gasteiger partial charge is 0.871 e. The Morgan fingerprint density at radius 2 is 0.878 bits per heavy atom. The third kappa shape index (κ3) is 9.26.